The Kier molecular flexibility index (Phi) is 4.07. The van der Waals surface area contributed by atoms with E-state index < -0.39 is 0 Å². The molecule has 1 N–H and O–H groups in total. The lowest BCUT2D eigenvalue weighted by Crippen LogP contribution is -2.14. The van der Waals surface area contributed by atoms with Crippen LogP contribution in [0.4, 0.5) is 5.69 Å². The molecule has 6 heteroatoms. The third-order valence-corrected chi connectivity index (χ3v) is 3.21. The van der Waals surface area contributed by atoms with Crippen molar-refractivity contribution in [2.45, 2.75) is 0 Å². The SMILES string of the molecule is O=C(Nc1cccnc1)c1cc(-c2ccc(Cl)cc2)ncn1. The summed E-state index contributed by atoms with van der Waals surface area (Å²) in [4.78, 5) is 24.3. The molecule has 3 aromatic rings. The van der Waals surface area contributed by atoms with E-state index >= 15 is 0 Å². The van der Waals surface area contributed by atoms with Crippen LogP contribution in [0.3, 0.4) is 0 Å². The first-order valence-corrected chi connectivity index (χ1v) is 6.89. The van der Waals surface area contributed by atoms with E-state index in [4.69, 9.17) is 11.6 Å². The van der Waals surface area contributed by atoms with E-state index in [-0.39, 0.29) is 11.6 Å². The number of amides is 1. The van der Waals surface area contributed by atoms with Crippen LogP contribution in [-0.4, -0.2) is 20.9 Å². The van der Waals surface area contributed by atoms with Crippen LogP contribution in [0, 0.1) is 0 Å². The van der Waals surface area contributed by atoms with Crippen LogP contribution < -0.4 is 5.32 Å². The molecule has 1 amide bonds. The van der Waals surface area contributed by atoms with Crippen molar-refractivity contribution in [2.24, 2.45) is 0 Å². The van der Waals surface area contributed by atoms with Crippen molar-refractivity contribution in [1.82, 2.24) is 15.0 Å². The maximum Gasteiger partial charge on any atom is 0.274 e. The summed E-state index contributed by atoms with van der Waals surface area (Å²) in [6.07, 6.45) is 4.57. The number of benzene rings is 1. The molecule has 0 aliphatic heterocycles. The van der Waals surface area contributed by atoms with Crippen LogP contribution in [0.15, 0.2) is 61.2 Å². The van der Waals surface area contributed by atoms with Crippen molar-refractivity contribution in [3.8, 4) is 11.3 Å². The molecule has 0 saturated carbocycles. The van der Waals surface area contributed by atoms with Crippen molar-refractivity contribution in [3.63, 3.8) is 0 Å². The summed E-state index contributed by atoms with van der Waals surface area (Å²) >= 11 is 5.87. The number of carbonyl (C=O) groups is 1. The van der Waals surface area contributed by atoms with Gasteiger partial charge in [-0.3, -0.25) is 9.78 Å². The number of aromatic nitrogens is 3. The molecule has 108 valence electrons. The summed E-state index contributed by atoms with van der Waals surface area (Å²) in [5, 5.41) is 3.38. The zero-order chi connectivity index (χ0) is 15.4. The van der Waals surface area contributed by atoms with Gasteiger partial charge in [0.15, 0.2) is 0 Å². The Bertz CT molecular complexity index is 791. The fourth-order valence-electron chi connectivity index (χ4n) is 1.89. The summed E-state index contributed by atoms with van der Waals surface area (Å²) in [6, 6.07) is 12.4. The quantitative estimate of drug-likeness (QED) is 0.804. The molecule has 2 aromatic heterocycles. The first-order valence-electron chi connectivity index (χ1n) is 6.52. The number of carbonyl (C=O) groups excluding carboxylic acids is 1. The summed E-state index contributed by atoms with van der Waals surface area (Å²) < 4.78 is 0. The minimum atomic E-state index is -0.314. The topological polar surface area (TPSA) is 67.8 Å². The Morgan fingerprint density at radius 1 is 1.09 bits per heavy atom. The van der Waals surface area contributed by atoms with Crippen molar-refractivity contribution < 1.29 is 4.79 Å². The maximum atomic E-state index is 12.2. The monoisotopic (exact) mass is 310 g/mol. The smallest absolute Gasteiger partial charge is 0.274 e. The molecule has 22 heavy (non-hydrogen) atoms. The molecule has 0 aliphatic rings. The minimum absolute atomic E-state index is 0.281. The Morgan fingerprint density at radius 3 is 2.64 bits per heavy atom. The molecule has 0 saturated heterocycles. The Labute approximate surface area is 132 Å². The predicted octanol–water partition coefficient (Wildman–Crippen LogP) is 3.44. The van der Waals surface area contributed by atoms with Crippen LogP contribution in [0.25, 0.3) is 11.3 Å². The fraction of sp³-hybridized carbons (Fsp3) is 0. The van der Waals surface area contributed by atoms with Gasteiger partial charge in [0.1, 0.15) is 12.0 Å². The van der Waals surface area contributed by atoms with Gasteiger partial charge in [-0.2, -0.15) is 0 Å². The number of nitrogens with one attached hydrogen (secondary N) is 1. The normalized spacial score (nSPS) is 10.2. The van der Waals surface area contributed by atoms with Gasteiger partial charge in [-0.15, -0.1) is 0 Å². The molecule has 0 unspecified atom stereocenters. The van der Waals surface area contributed by atoms with E-state index in [2.05, 4.69) is 20.3 Å². The van der Waals surface area contributed by atoms with Crippen LogP contribution >= 0.6 is 11.6 Å². The van der Waals surface area contributed by atoms with Gasteiger partial charge in [-0.05, 0) is 30.3 Å². The van der Waals surface area contributed by atoms with E-state index in [0.29, 0.717) is 16.4 Å². The molecule has 0 spiro atoms. The average molecular weight is 311 g/mol. The maximum absolute atomic E-state index is 12.2. The zero-order valence-electron chi connectivity index (χ0n) is 11.4. The van der Waals surface area contributed by atoms with E-state index in [1.54, 1.807) is 42.7 Å². The Balaban J connectivity index is 1.84. The first-order chi connectivity index (χ1) is 10.7. The van der Waals surface area contributed by atoms with Gasteiger partial charge < -0.3 is 5.32 Å². The van der Waals surface area contributed by atoms with Gasteiger partial charge >= 0.3 is 0 Å². The van der Waals surface area contributed by atoms with Crippen molar-refractivity contribution in [3.05, 3.63) is 71.9 Å². The van der Waals surface area contributed by atoms with Gasteiger partial charge in [-0.25, -0.2) is 9.97 Å². The van der Waals surface area contributed by atoms with E-state index in [1.807, 2.05) is 12.1 Å². The number of anilines is 1. The van der Waals surface area contributed by atoms with Gasteiger partial charge in [0.05, 0.1) is 17.6 Å². The number of pyridine rings is 1. The van der Waals surface area contributed by atoms with Crippen LogP contribution in [0.5, 0.6) is 0 Å². The lowest BCUT2D eigenvalue weighted by molar-refractivity contribution is 0.102. The third-order valence-electron chi connectivity index (χ3n) is 2.96. The fourth-order valence-corrected chi connectivity index (χ4v) is 2.02. The molecular formula is C16H11ClN4O. The van der Waals surface area contributed by atoms with Gasteiger partial charge in [-0.1, -0.05) is 23.7 Å². The summed E-state index contributed by atoms with van der Waals surface area (Å²) in [6.45, 7) is 0. The van der Waals surface area contributed by atoms with Gasteiger partial charge in [0.25, 0.3) is 5.91 Å². The predicted molar refractivity (Wildman–Crippen MR) is 84.7 cm³/mol. The van der Waals surface area contributed by atoms with E-state index in [1.165, 1.54) is 6.33 Å². The molecule has 0 aliphatic carbocycles. The average Bonchev–Trinajstić information content (AvgIpc) is 2.56. The summed E-state index contributed by atoms with van der Waals surface area (Å²) in [5.41, 5.74) is 2.41. The highest BCUT2D eigenvalue weighted by Gasteiger charge is 2.10. The van der Waals surface area contributed by atoms with Gasteiger partial charge in [0.2, 0.25) is 0 Å². The van der Waals surface area contributed by atoms with E-state index in [0.717, 1.165) is 5.56 Å². The van der Waals surface area contributed by atoms with E-state index in [9.17, 15) is 4.79 Å². The second-order valence-corrected chi connectivity index (χ2v) is 4.93. The molecule has 0 bridgehead atoms. The first kappa shape index (κ1) is 14.2. The molecule has 0 atom stereocenters. The number of hydrogen-bond acceptors (Lipinski definition) is 4. The summed E-state index contributed by atoms with van der Waals surface area (Å²) in [7, 11) is 0. The third kappa shape index (κ3) is 3.27. The van der Waals surface area contributed by atoms with Gasteiger partial charge in [0, 0.05) is 16.8 Å². The van der Waals surface area contributed by atoms with Crippen LogP contribution in [0.1, 0.15) is 10.5 Å². The number of rotatable bonds is 3. The standard InChI is InChI=1S/C16H11ClN4O/c17-12-5-3-11(4-6-12)14-8-15(20-10-19-14)16(22)21-13-2-1-7-18-9-13/h1-10H,(H,21,22). The molecule has 3 rings (SSSR count). The Morgan fingerprint density at radius 2 is 1.91 bits per heavy atom. The molecule has 2 heterocycles. The Hall–Kier alpha value is -2.79. The zero-order valence-corrected chi connectivity index (χ0v) is 12.2. The number of hydrogen-bond donors (Lipinski definition) is 1. The lowest BCUT2D eigenvalue weighted by Gasteiger charge is -2.05. The highest BCUT2D eigenvalue weighted by atomic mass is 35.5. The molecule has 0 radical (unpaired) electrons. The van der Waals surface area contributed by atoms with Crippen LogP contribution in [-0.2, 0) is 0 Å². The van der Waals surface area contributed by atoms with Crippen molar-refractivity contribution in [2.75, 3.05) is 5.32 Å². The molecule has 1 aromatic carbocycles. The second-order valence-electron chi connectivity index (χ2n) is 4.49. The molecule has 5 nitrogen and oxygen atoms in total. The molecular weight excluding hydrogens is 300 g/mol. The minimum Gasteiger partial charge on any atom is -0.319 e. The lowest BCUT2D eigenvalue weighted by atomic mass is 10.1. The largest absolute Gasteiger partial charge is 0.319 e. The number of nitrogens with zero attached hydrogens (tertiary/aromatic N) is 3. The highest BCUT2D eigenvalue weighted by Crippen LogP contribution is 2.20. The number of halogens is 1. The van der Waals surface area contributed by atoms with Crippen molar-refractivity contribution in [1.29, 1.82) is 0 Å². The summed E-state index contributed by atoms with van der Waals surface area (Å²) in [5.74, 6) is -0.314. The second kappa shape index (κ2) is 6.32. The molecule has 0 fully saturated rings. The highest BCUT2D eigenvalue weighted by molar-refractivity contribution is 6.30. The van der Waals surface area contributed by atoms with Crippen molar-refractivity contribution >= 4 is 23.2 Å². The van der Waals surface area contributed by atoms with Crippen LogP contribution in [0.2, 0.25) is 5.02 Å².